The molecule has 17 heavy (non-hydrogen) atoms. The molecule has 0 aromatic carbocycles. The van der Waals surface area contributed by atoms with Crippen molar-refractivity contribution in [3.63, 3.8) is 0 Å². The van der Waals surface area contributed by atoms with Crippen LogP contribution in [0.1, 0.15) is 0 Å². The summed E-state index contributed by atoms with van der Waals surface area (Å²) in [5, 5.41) is 3.43. The van der Waals surface area contributed by atoms with E-state index in [2.05, 4.69) is 15.1 Å². The van der Waals surface area contributed by atoms with Crippen molar-refractivity contribution < 1.29 is 28.7 Å². The van der Waals surface area contributed by atoms with Crippen LogP contribution < -0.4 is 11.0 Å². The molecule has 12 heteroatoms. The number of rotatable bonds is 2. The zero-order valence-electron chi connectivity index (χ0n) is 7.94. The second-order valence-corrected chi connectivity index (χ2v) is 6.06. The molecule has 92 valence electrons. The Morgan fingerprint density at radius 2 is 1.71 bits per heavy atom. The predicted molar refractivity (Wildman–Crippen MR) is 54.1 cm³/mol. The smallest absolute Gasteiger partial charge is 0.320 e. The minimum absolute atomic E-state index is 0.302. The van der Waals surface area contributed by atoms with Crippen molar-refractivity contribution >= 4 is 32.0 Å². The topological polar surface area (TPSA) is 158 Å². The Balaban J connectivity index is 2.64. The molecule has 4 N–H and O–H groups in total. The third-order valence-corrected chi connectivity index (χ3v) is 3.30. The molecule has 0 aliphatic rings. The third-order valence-electron chi connectivity index (χ3n) is 1.74. The average molecular weight is 280 g/mol. The molecular formula is C5H6N4O6P2. The van der Waals surface area contributed by atoms with Crippen molar-refractivity contribution in [2.24, 2.45) is 0 Å². The van der Waals surface area contributed by atoms with Crippen molar-refractivity contribution in [3.8, 4) is 0 Å². The zero-order valence-corrected chi connectivity index (χ0v) is 9.73. The Morgan fingerprint density at radius 3 is 2.24 bits per heavy atom. The molecule has 0 saturated heterocycles. The van der Waals surface area contributed by atoms with Crippen molar-refractivity contribution in [2.45, 2.75) is 0 Å². The summed E-state index contributed by atoms with van der Waals surface area (Å²) in [6.07, 6.45) is 1.10. The lowest BCUT2D eigenvalue weighted by molar-refractivity contribution is 0.383. The van der Waals surface area contributed by atoms with Crippen LogP contribution in [0.3, 0.4) is 0 Å². The molecule has 0 bridgehead atoms. The molecule has 2 aromatic heterocycles. The van der Waals surface area contributed by atoms with E-state index >= 15 is 0 Å². The summed E-state index contributed by atoms with van der Waals surface area (Å²) >= 11 is 0. The highest BCUT2D eigenvalue weighted by Crippen LogP contribution is 2.33. The second-order valence-electron chi connectivity index (χ2n) is 3.03. The first-order valence-electron chi connectivity index (χ1n) is 4.03. The fraction of sp³-hybridized carbons (Fsp3) is 0. The van der Waals surface area contributed by atoms with Crippen LogP contribution in [0.2, 0.25) is 0 Å². The second kappa shape index (κ2) is 3.67. The fourth-order valence-corrected chi connectivity index (χ4v) is 1.96. The maximum absolute atomic E-state index is 10.9. The van der Waals surface area contributed by atoms with Crippen molar-refractivity contribution in [1.29, 1.82) is 0 Å². The molecular weight excluding hydrogens is 274 g/mol. The van der Waals surface area contributed by atoms with Crippen LogP contribution in [0.4, 0.5) is 0 Å². The van der Waals surface area contributed by atoms with E-state index in [1.54, 1.807) is 0 Å². The van der Waals surface area contributed by atoms with Gasteiger partial charge in [-0.25, -0.2) is 9.50 Å². The Bertz CT molecular complexity index is 650. The highest BCUT2D eigenvalue weighted by atomic mass is 31.2. The molecule has 0 amide bonds. The Labute approximate surface area is 93.3 Å². The van der Waals surface area contributed by atoms with E-state index in [9.17, 15) is 9.13 Å². The van der Waals surface area contributed by atoms with Crippen LogP contribution in [-0.2, 0) is 9.13 Å². The maximum Gasteiger partial charge on any atom is 0.395 e. The predicted octanol–water partition coefficient (Wildman–Crippen LogP) is -2.27. The van der Waals surface area contributed by atoms with E-state index in [1.807, 2.05) is 0 Å². The minimum Gasteiger partial charge on any atom is -0.320 e. The van der Waals surface area contributed by atoms with Gasteiger partial charge in [-0.3, -0.25) is 9.13 Å². The van der Waals surface area contributed by atoms with Gasteiger partial charge in [-0.15, -0.1) is 5.10 Å². The first-order valence-corrected chi connectivity index (χ1v) is 7.26. The normalized spacial score (nSPS) is 13.2. The summed E-state index contributed by atoms with van der Waals surface area (Å²) in [7, 11) is -9.16. The highest BCUT2D eigenvalue weighted by Gasteiger charge is 2.25. The number of hydrogen-bond donors (Lipinski definition) is 4. The molecule has 0 unspecified atom stereocenters. The molecule has 0 atom stereocenters. The number of fused-ring (bicyclic) bond motifs is 1. The SMILES string of the molecule is O=P(O)(O)c1ccn2nc(P(=O)(O)O)nc2n1. The molecule has 0 aliphatic carbocycles. The van der Waals surface area contributed by atoms with Crippen molar-refractivity contribution in [2.75, 3.05) is 0 Å². The third kappa shape index (κ3) is 2.42. The van der Waals surface area contributed by atoms with Gasteiger partial charge in [0.15, 0.2) is 5.44 Å². The van der Waals surface area contributed by atoms with Crippen LogP contribution in [0.25, 0.3) is 5.78 Å². The van der Waals surface area contributed by atoms with Gasteiger partial charge in [0.05, 0.1) is 0 Å². The van der Waals surface area contributed by atoms with E-state index in [4.69, 9.17) is 19.6 Å². The summed E-state index contributed by atoms with van der Waals surface area (Å²) in [6.45, 7) is 0. The molecule has 2 rings (SSSR count). The maximum atomic E-state index is 10.9. The van der Waals surface area contributed by atoms with Crippen LogP contribution >= 0.6 is 15.2 Å². The van der Waals surface area contributed by atoms with Gasteiger partial charge in [0.25, 0.3) is 11.3 Å². The van der Waals surface area contributed by atoms with Gasteiger partial charge in [-0.1, -0.05) is 0 Å². The molecule has 0 spiro atoms. The van der Waals surface area contributed by atoms with E-state index in [-0.39, 0.29) is 5.78 Å². The zero-order chi connectivity index (χ0) is 12.8. The van der Waals surface area contributed by atoms with E-state index in [1.165, 1.54) is 0 Å². The first-order chi connectivity index (χ1) is 7.68. The average Bonchev–Trinajstić information content (AvgIpc) is 2.57. The molecule has 0 fully saturated rings. The standard InChI is InChI=1S/C5H6N4O6P2/c10-16(11,12)3-1-2-9-4(6-3)7-5(8-9)17(13,14)15/h1-2H,(H2,10,11,12)(H2,13,14,15). The van der Waals surface area contributed by atoms with Crippen LogP contribution in [0, 0.1) is 0 Å². The monoisotopic (exact) mass is 280 g/mol. The lowest BCUT2D eigenvalue weighted by Gasteiger charge is -2.01. The molecule has 2 aromatic rings. The van der Waals surface area contributed by atoms with Crippen LogP contribution in [-0.4, -0.2) is 39.2 Å². The Morgan fingerprint density at radius 1 is 1.06 bits per heavy atom. The quantitative estimate of drug-likeness (QED) is 0.445. The van der Waals surface area contributed by atoms with Gasteiger partial charge >= 0.3 is 15.2 Å². The Kier molecular flexibility index (Phi) is 2.66. The summed E-state index contributed by atoms with van der Waals surface area (Å²) in [6, 6.07) is 0.992. The molecule has 0 radical (unpaired) electrons. The van der Waals surface area contributed by atoms with E-state index < -0.39 is 26.2 Å². The van der Waals surface area contributed by atoms with Gasteiger partial charge < -0.3 is 19.6 Å². The van der Waals surface area contributed by atoms with Crippen molar-refractivity contribution in [1.82, 2.24) is 19.6 Å². The summed E-state index contributed by atoms with van der Waals surface area (Å²) < 4.78 is 22.7. The van der Waals surface area contributed by atoms with Gasteiger partial charge in [0, 0.05) is 6.20 Å². The summed E-state index contributed by atoms with van der Waals surface area (Å²) in [5.41, 5.74) is -1.30. The van der Waals surface area contributed by atoms with E-state index in [0.717, 1.165) is 16.8 Å². The minimum atomic E-state index is -4.62. The van der Waals surface area contributed by atoms with Gasteiger partial charge in [-0.2, -0.15) is 4.98 Å². The lowest BCUT2D eigenvalue weighted by Crippen LogP contribution is -2.10. The van der Waals surface area contributed by atoms with Crippen LogP contribution in [0.15, 0.2) is 12.3 Å². The molecule has 0 saturated carbocycles. The number of aromatic nitrogens is 4. The largest absolute Gasteiger partial charge is 0.395 e. The summed E-state index contributed by atoms with van der Waals surface area (Å²) in [5.74, 6) is -0.302. The molecule has 2 heterocycles. The van der Waals surface area contributed by atoms with Gasteiger partial charge in [0.1, 0.15) is 0 Å². The lowest BCUT2D eigenvalue weighted by atomic mass is 10.7. The fourth-order valence-electron chi connectivity index (χ4n) is 1.04. The van der Waals surface area contributed by atoms with Gasteiger partial charge in [-0.05, 0) is 6.07 Å². The Hall–Kier alpha value is -1.15. The number of hydrogen-bond acceptors (Lipinski definition) is 5. The molecule has 0 aliphatic heterocycles. The highest BCUT2D eigenvalue weighted by molar-refractivity contribution is 7.60. The van der Waals surface area contributed by atoms with E-state index in [0.29, 0.717) is 0 Å². The number of nitrogens with zero attached hydrogens (tertiary/aromatic N) is 4. The summed E-state index contributed by atoms with van der Waals surface area (Å²) in [4.78, 5) is 42.2. The molecule has 10 nitrogen and oxygen atoms in total. The van der Waals surface area contributed by atoms with Crippen LogP contribution in [0.5, 0.6) is 0 Å². The first kappa shape index (κ1) is 12.3. The van der Waals surface area contributed by atoms with Crippen molar-refractivity contribution in [3.05, 3.63) is 12.3 Å². The van der Waals surface area contributed by atoms with Gasteiger partial charge in [0.2, 0.25) is 0 Å².